The maximum absolute atomic E-state index is 11.3. The Morgan fingerprint density at radius 1 is 1.41 bits per heavy atom. The molecule has 0 aliphatic carbocycles. The lowest BCUT2D eigenvalue weighted by molar-refractivity contribution is -0.384. The zero-order valence-corrected chi connectivity index (χ0v) is 11.4. The van der Waals surface area contributed by atoms with Crippen LogP contribution in [-0.4, -0.2) is 37.6 Å². The molecule has 1 fully saturated rings. The van der Waals surface area contributed by atoms with Crippen molar-refractivity contribution < 1.29 is 19.6 Å². The van der Waals surface area contributed by atoms with Crippen molar-refractivity contribution >= 4 is 11.7 Å². The van der Waals surface area contributed by atoms with Gasteiger partial charge in [0.1, 0.15) is 11.8 Å². The summed E-state index contributed by atoms with van der Waals surface area (Å²) >= 11 is 0. The summed E-state index contributed by atoms with van der Waals surface area (Å²) in [5, 5.41) is 27.5. The van der Waals surface area contributed by atoms with Crippen molar-refractivity contribution in [2.24, 2.45) is 0 Å². The lowest BCUT2D eigenvalue weighted by Crippen LogP contribution is -2.11. The average molecular weight is 304 g/mol. The van der Waals surface area contributed by atoms with E-state index in [1.54, 1.807) is 0 Å². The van der Waals surface area contributed by atoms with E-state index in [1.165, 1.54) is 28.9 Å². The standard InChI is InChI=1S/C13H12N4O5/c18-13(19)11-12(10-2-1-7-22-10)16(15-14-11)8-3-5-9(6-4-8)17(20)21/h3-6,10H,1-2,7H2,(H,18,19). The van der Waals surface area contributed by atoms with Crippen LogP contribution in [-0.2, 0) is 4.74 Å². The van der Waals surface area contributed by atoms with E-state index in [9.17, 15) is 20.0 Å². The number of ether oxygens (including phenoxy) is 1. The molecule has 0 amide bonds. The highest BCUT2D eigenvalue weighted by Crippen LogP contribution is 2.31. The predicted octanol–water partition coefficient (Wildman–Crippen LogP) is 1.73. The van der Waals surface area contributed by atoms with E-state index in [0.717, 1.165) is 6.42 Å². The topological polar surface area (TPSA) is 120 Å². The first-order valence-electron chi connectivity index (χ1n) is 6.63. The van der Waals surface area contributed by atoms with Crippen LogP contribution in [0.4, 0.5) is 5.69 Å². The first-order chi connectivity index (χ1) is 10.6. The van der Waals surface area contributed by atoms with Gasteiger partial charge in [-0.25, -0.2) is 9.48 Å². The van der Waals surface area contributed by atoms with Gasteiger partial charge in [-0.15, -0.1) is 5.10 Å². The van der Waals surface area contributed by atoms with Gasteiger partial charge in [0.05, 0.1) is 10.6 Å². The van der Waals surface area contributed by atoms with E-state index in [0.29, 0.717) is 24.4 Å². The van der Waals surface area contributed by atoms with Gasteiger partial charge in [-0.3, -0.25) is 10.1 Å². The first-order valence-corrected chi connectivity index (χ1v) is 6.63. The van der Waals surface area contributed by atoms with Gasteiger partial charge in [-0.05, 0) is 25.0 Å². The molecule has 0 bridgehead atoms. The fraction of sp³-hybridized carbons (Fsp3) is 0.308. The number of rotatable bonds is 4. The smallest absolute Gasteiger partial charge is 0.358 e. The van der Waals surface area contributed by atoms with Crippen LogP contribution in [0.15, 0.2) is 24.3 Å². The Hall–Kier alpha value is -2.81. The summed E-state index contributed by atoms with van der Waals surface area (Å²) in [6.45, 7) is 0.551. The molecule has 0 saturated carbocycles. The summed E-state index contributed by atoms with van der Waals surface area (Å²) in [6, 6.07) is 5.65. The number of carboxylic acids is 1. The summed E-state index contributed by atoms with van der Waals surface area (Å²) in [5.74, 6) is -1.18. The van der Waals surface area contributed by atoms with Gasteiger partial charge in [-0.1, -0.05) is 5.21 Å². The summed E-state index contributed by atoms with van der Waals surface area (Å²) in [6.07, 6.45) is 1.12. The van der Waals surface area contributed by atoms with Gasteiger partial charge < -0.3 is 9.84 Å². The molecule has 22 heavy (non-hydrogen) atoms. The summed E-state index contributed by atoms with van der Waals surface area (Å²) in [7, 11) is 0. The van der Waals surface area contributed by atoms with Crippen LogP contribution in [0.1, 0.15) is 35.1 Å². The Morgan fingerprint density at radius 2 is 2.14 bits per heavy atom. The van der Waals surface area contributed by atoms with Crippen molar-refractivity contribution in [3.05, 3.63) is 45.8 Å². The molecule has 9 nitrogen and oxygen atoms in total. The number of carboxylic acid groups (broad SMARTS) is 1. The van der Waals surface area contributed by atoms with Crippen LogP contribution < -0.4 is 0 Å². The van der Waals surface area contributed by atoms with Gasteiger partial charge in [0.15, 0.2) is 5.69 Å². The minimum absolute atomic E-state index is 0.0546. The van der Waals surface area contributed by atoms with Crippen molar-refractivity contribution in [1.82, 2.24) is 15.0 Å². The molecule has 3 rings (SSSR count). The number of nitrogens with zero attached hydrogens (tertiary/aromatic N) is 4. The maximum atomic E-state index is 11.3. The number of nitro groups is 1. The van der Waals surface area contributed by atoms with Crippen LogP contribution in [0, 0.1) is 10.1 Å². The molecule has 1 atom stereocenters. The molecule has 9 heteroatoms. The molecule has 1 aliphatic rings. The van der Waals surface area contributed by atoms with Crippen LogP contribution in [0.3, 0.4) is 0 Å². The molecule has 114 valence electrons. The molecule has 1 aromatic heterocycles. The van der Waals surface area contributed by atoms with Gasteiger partial charge in [0.2, 0.25) is 0 Å². The Kier molecular flexibility index (Phi) is 3.55. The highest BCUT2D eigenvalue weighted by molar-refractivity contribution is 5.86. The Labute approximate surface area is 124 Å². The largest absolute Gasteiger partial charge is 0.476 e. The maximum Gasteiger partial charge on any atom is 0.358 e. The van der Waals surface area contributed by atoms with Crippen LogP contribution >= 0.6 is 0 Å². The lowest BCUT2D eigenvalue weighted by Gasteiger charge is -2.12. The predicted molar refractivity (Wildman–Crippen MR) is 72.9 cm³/mol. The molecule has 0 spiro atoms. The highest BCUT2D eigenvalue weighted by atomic mass is 16.6. The van der Waals surface area contributed by atoms with Crippen molar-refractivity contribution in [2.45, 2.75) is 18.9 Å². The van der Waals surface area contributed by atoms with Crippen molar-refractivity contribution in [3.8, 4) is 5.69 Å². The van der Waals surface area contributed by atoms with E-state index in [2.05, 4.69) is 10.3 Å². The SMILES string of the molecule is O=C(O)c1nnn(-c2ccc([N+](=O)[O-])cc2)c1C1CCCO1. The third-order valence-corrected chi connectivity index (χ3v) is 3.45. The molecule has 1 saturated heterocycles. The van der Waals surface area contributed by atoms with Crippen LogP contribution in [0.5, 0.6) is 0 Å². The minimum Gasteiger partial charge on any atom is -0.476 e. The molecule has 1 unspecified atom stereocenters. The second-order valence-electron chi connectivity index (χ2n) is 4.82. The normalized spacial score (nSPS) is 17.5. The second-order valence-corrected chi connectivity index (χ2v) is 4.82. The lowest BCUT2D eigenvalue weighted by atomic mass is 10.1. The van der Waals surface area contributed by atoms with Gasteiger partial charge >= 0.3 is 5.97 Å². The fourth-order valence-electron chi connectivity index (χ4n) is 2.43. The number of carbonyl (C=O) groups is 1. The van der Waals surface area contributed by atoms with E-state index in [4.69, 9.17) is 4.74 Å². The summed E-state index contributed by atoms with van der Waals surface area (Å²) in [4.78, 5) is 21.5. The second kappa shape index (κ2) is 5.53. The number of nitro benzene ring substituents is 1. The molecule has 1 aromatic carbocycles. The zero-order chi connectivity index (χ0) is 15.7. The number of benzene rings is 1. The first kappa shape index (κ1) is 14.1. The molecule has 2 aromatic rings. The van der Waals surface area contributed by atoms with E-state index in [1.807, 2.05) is 0 Å². The number of aromatic carboxylic acids is 1. The molecular weight excluding hydrogens is 292 g/mol. The van der Waals surface area contributed by atoms with Crippen LogP contribution in [0.25, 0.3) is 5.69 Å². The summed E-state index contributed by atoms with van der Waals surface area (Å²) in [5.41, 5.74) is 0.640. The Morgan fingerprint density at radius 3 is 2.68 bits per heavy atom. The number of hydrogen-bond donors (Lipinski definition) is 1. The Balaban J connectivity index is 2.06. The third-order valence-electron chi connectivity index (χ3n) is 3.45. The van der Waals surface area contributed by atoms with E-state index < -0.39 is 17.0 Å². The highest BCUT2D eigenvalue weighted by Gasteiger charge is 2.30. The third kappa shape index (κ3) is 2.42. The number of aromatic nitrogens is 3. The Bertz CT molecular complexity index is 719. The molecular formula is C13H12N4O5. The van der Waals surface area contributed by atoms with Crippen LogP contribution in [0.2, 0.25) is 0 Å². The minimum atomic E-state index is -1.18. The molecule has 0 radical (unpaired) electrons. The van der Waals surface area contributed by atoms with E-state index >= 15 is 0 Å². The fourth-order valence-corrected chi connectivity index (χ4v) is 2.43. The quantitative estimate of drug-likeness (QED) is 0.674. The number of hydrogen-bond acceptors (Lipinski definition) is 6. The monoisotopic (exact) mass is 304 g/mol. The van der Waals surface area contributed by atoms with Gasteiger partial charge in [0, 0.05) is 18.7 Å². The zero-order valence-electron chi connectivity index (χ0n) is 11.4. The molecule has 2 heterocycles. The van der Waals surface area contributed by atoms with Gasteiger partial charge in [0.25, 0.3) is 5.69 Å². The van der Waals surface area contributed by atoms with Crippen molar-refractivity contribution in [3.63, 3.8) is 0 Å². The number of non-ortho nitro benzene ring substituents is 1. The average Bonchev–Trinajstić information content (AvgIpc) is 3.16. The molecule has 1 aliphatic heterocycles. The van der Waals surface area contributed by atoms with Gasteiger partial charge in [-0.2, -0.15) is 0 Å². The molecule has 1 N–H and O–H groups in total. The van der Waals surface area contributed by atoms with Crippen molar-refractivity contribution in [2.75, 3.05) is 6.61 Å². The summed E-state index contributed by atoms with van der Waals surface area (Å²) < 4.78 is 6.90. The van der Waals surface area contributed by atoms with Crippen molar-refractivity contribution in [1.29, 1.82) is 0 Å². The van der Waals surface area contributed by atoms with E-state index in [-0.39, 0.29) is 11.4 Å².